The smallest absolute Gasteiger partial charge is 0.242 e. The molecule has 4 heteroatoms. The summed E-state index contributed by atoms with van der Waals surface area (Å²) in [6, 6.07) is 9.13. The van der Waals surface area contributed by atoms with Crippen LogP contribution in [0, 0.1) is 0 Å². The van der Waals surface area contributed by atoms with Crippen LogP contribution >= 0.6 is 0 Å². The Morgan fingerprint density at radius 3 is 2.62 bits per heavy atom. The van der Waals surface area contributed by atoms with Crippen molar-refractivity contribution >= 4 is 11.6 Å². The van der Waals surface area contributed by atoms with E-state index >= 15 is 0 Å². The first-order valence-electron chi connectivity index (χ1n) is 5.17. The molecular formula is C12H14N2O2. The van der Waals surface area contributed by atoms with E-state index in [2.05, 4.69) is 5.10 Å². The fourth-order valence-electron chi connectivity index (χ4n) is 1.98. The fraction of sp³-hybridized carbons (Fsp3) is 0.333. The van der Waals surface area contributed by atoms with E-state index in [1.165, 1.54) is 6.92 Å². The maximum Gasteiger partial charge on any atom is 0.242 e. The number of hydrogen-bond acceptors (Lipinski definition) is 3. The topological polar surface area (TPSA) is 52.9 Å². The number of rotatable bonds is 1. The molecule has 4 nitrogen and oxygen atoms in total. The van der Waals surface area contributed by atoms with E-state index in [9.17, 15) is 9.90 Å². The minimum Gasteiger partial charge on any atom is -0.365 e. The Labute approximate surface area is 94.2 Å². The van der Waals surface area contributed by atoms with E-state index in [0.717, 1.165) is 10.7 Å². The van der Waals surface area contributed by atoms with Gasteiger partial charge in [0.05, 0.1) is 0 Å². The number of hydrazone groups is 1. The standard InChI is InChI=1S/C12H14N2O2/c1-9-8-12(16,14(13-9)10(2)15)11-6-4-3-5-7-11/h3-7,16H,8H2,1-2H3/t12-/m0/s1. The van der Waals surface area contributed by atoms with Gasteiger partial charge in [0.25, 0.3) is 0 Å². The van der Waals surface area contributed by atoms with Crippen LogP contribution in [0.15, 0.2) is 35.4 Å². The highest BCUT2D eigenvalue weighted by Crippen LogP contribution is 2.34. The van der Waals surface area contributed by atoms with Crippen molar-refractivity contribution < 1.29 is 9.90 Å². The summed E-state index contributed by atoms with van der Waals surface area (Å²) >= 11 is 0. The summed E-state index contributed by atoms with van der Waals surface area (Å²) in [5.41, 5.74) is 0.115. The highest BCUT2D eigenvalue weighted by atomic mass is 16.3. The normalized spacial score (nSPS) is 24.4. The van der Waals surface area contributed by atoms with E-state index in [4.69, 9.17) is 0 Å². The van der Waals surface area contributed by atoms with Gasteiger partial charge in [-0.1, -0.05) is 30.3 Å². The minimum atomic E-state index is -1.32. The van der Waals surface area contributed by atoms with Crippen LogP contribution in [-0.2, 0) is 10.5 Å². The zero-order chi connectivity index (χ0) is 11.8. The van der Waals surface area contributed by atoms with Crippen LogP contribution in [-0.4, -0.2) is 21.7 Å². The van der Waals surface area contributed by atoms with Crippen molar-refractivity contribution in [3.8, 4) is 0 Å². The summed E-state index contributed by atoms with van der Waals surface area (Å²) in [5.74, 6) is -0.261. The molecule has 0 bridgehead atoms. The highest BCUT2D eigenvalue weighted by molar-refractivity contribution is 5.88. The van der Waals surface area contributed by atoms with E-state index in [1.54, 1.807) is 19.1 Å². The molecule has 16 heavy (non-hydrogen) atoms. The molecular weight excluding hydrogens is 204 g/mol. The molecule has 0 aliphatic carbocycles. The lowest BCUT2D eigenvalue weighted by atomic mass is 9.98. The van der Waals surface area contributed by atoms with Crippen LogP contribution in [0.2, 0.25) is 0 Å². The summed E-state index contributed by atoms with van der Waals surface area (Å²) in [5, 5.41) is 15.8. The average molecular weight is 218 g/mol. The number of hydrogen-bond donors (Lipinski definition) is 1. The number of aliphatic hydroxyl groups is 1. The van der Waals surface area contributed by atoms with Crippen molar-refractivity contribution in [1.29, 1.82) is 0 Å². The Balaban J connectivity index is 2.43. The Kier molecular flexibility index (Phi) is 2.52. The summed E-state index contributed by atoms with van der Waals surface area (Å²) in [4.78, 5) is 11.4. The summed E-state index contributed by atoms with van der Waals surface area (Å²) in [7, 11) is 0. The average Bonchev–Trinajstić information content (AvgIpc) is 2.57. The van der Waals surface area contributed by atoms with Crippen LogP contribution in [0.3, 0.4) is 0 Å². The van der Waals surface area contributed by atoms with Gasteiger partial charge in [-0.25, -0.2) is 0 Å². The summed E-state index contributed by atoms with van der Waals surface area (Å²) in [6.07, 6.45) is 0.358. The third-order valence-corrected chi connectivity index (χ3v) is 2.66. The van der Waals surface area contributed by atoms with E-state index < -0.39 is 5.72 Å². The Bertz CT molecular complexity index is 442. The predicted octanol–water partition coefficient (Wildman–Crippen LogP) is 1.46. The lowest BCUT2D eigenvalue weighted by Crippen LogP contribution is -2.42. The zero-order valence-corrected chi connectivity index (χ0v) is 9.34. The van der Waals surface area contributed by atoms with Crippen molar-refractivity contribution in [2.45, 2.75) is 26.0 Å². The summed E-state index contributed by atoms with van der Waals surface area (Å²) in [6.45, 7) is 3.20. The molecule has 0 saturated heterocycles. The molecule has 0 radical (unpaired) electrons. The van der Waals surface area contributed by atoms with Gasteiger partial charge in [0.15, 0.2) is 5.72 Å². The highest BCUT2D eigenvalue weighted by Gasteiger charge is 2.43. The monoisotopic (exact) mass is 218 g/mol. The van der Waals surface area contributed by atoms with E-state index in [-0.39, 0.29) is 5.91 Å². The van der Waals surface area contributed by atoms with Crippen molar-refractivity contribution in [2.24, 2.45) is 5.10 Å². The van der Waals surface area contributed by atoms with Gasteiger partial charge >= 0.3 is 0 Å². The molecule has 0 spiro atoms. The lowest BCUT2D eigenvalue weighted by Gasteiger charge is -2.30. The van der Waals surface area contributed by atoms with Gasteiger partial charge in [0.1, 0.15) is 0 Å². The first-order valence-corrected chi connectivity index (χ1v) is 5.17. The van der Waals surface area contributed by atoms with Crippen LogP contribution in [0.25, 0.3) is 0 Å². The number of carbonyl (C=O) groups is 1. The number of nitrogens with zero attached hydrogens (tertiary/aromatic N) is 2. The molecule has 1 N–H and O–H groups in total. The Morgan fingerprint density at radius 2 is 2.06 bits per heavy atom. The quantitative estimate of drug-likeness (QED) is 0.775. The van der Waals surface area contributed by atoms with Gasteiger partial charge in [-0.2, -0.15) is 10.1 Å². The van der Waals surface area contributed by atoms with Crippen molar-refractivity contribution in [3.63, 3.8) is 0 Å². The largest absolute Gasteiger partial charge is 0.365 e. The number of amides is 1. The first-order chi connectivity index (χ1) is 7.54. The van der Waals surface area contributed by atoms with Crippen LogP contribution < -0.4 is 0 Å². The molecule has 1 atom stereocenters. The molecule has 0 fully saturated rings. The van der Waals surface area contributed by atoms with Gasteiger partial charge in [0.2, 0.25) is 5.91 Å². The van der Waals surface area contributed by atoms with Gasteiger partial charge in [-0.3, -0.25) is 4.79 Å². The first kappa shape index (κ1) is 10.8. The second-order valence-corrected chi connectivity index (χ2v) is 4.03. The van der Waals surface area contributed by atoms with Crippen molar-refractivity contribution in [1.82, 2.24) is 5.01 Å². The van der Waals surface area contributed by atoms with Gasteiger partial charge < -0.3 is 5.11 Å². The second-order valence-electron chi connectivity index (χ2n) is 4.03. The predicted molar refractivity (Wildman–Crippen MR) is 60.6 cm³/mol. The molecule has 1 heterocycles. The minimum absolute atomic E-state index is 0.261. The van der Waals surface area contributed by atoms with E-state index in [0.29, 0.717) is 12.0 Å². The Morgan fingerprint density at radius 1 is 1.44 bits per heavy atom. The molecule has 0 saturated carbocycles. The molecule has 1 aromatic carbocycles. The van der Waals surface area contributed by atoms with Gasteiger partial charge in [0, 0.05) is 24.6 Å². The Hall–Kier alpha value is -1.68. The van der Waals surface area contributed by atoms with Crippen LogP contribution in [0.1, 0.15) is 25.8 Å². The molecule has 84 valence electrons. The third-order valence-electron chi connectivity index (χ3n) is 2.66. The SMILES string of the molecule is CC(=O)N1N=C(C)C[C@]1(O)c1ccccc1. The maximum absolute atomic E-state index is 11.4. The van der Waals surface area contributed by atoms with Gasteiger partial charge in [-0.15, -0.1) is 0 Å². The molecule has 1 aliphatic rings. The molecule has 0 aromatic heterocycles. The molecule has 1 amide bonds. The maximum atomic E-state index is 11.4. The lowest BCUT2D eigenvalue weighted by molar-refractivity contribution is -0.155. The van der Waals surface area contributed by atoms with Crippen LogP contribution in [0.4, 0.5) is 0 Å². The zero-order valence-electron chi connectivity index (χ0n) is 9.34. The second kappa shape index (κ2) is 3.72. The van der Waals surface area contributed by atoms with Crippen molar-refractivity contribution in [2.75, 3.05) is 0 Å². The fourth-order valence-corrected chi connectivity index (χ4v) is 1.98. The molecule has 1 aromatic rings. The summed E-state index contributed by atoms with van der Waals surface area (Å²) < 4.78 is 0. The van der Waals surface area contributed by atoms with Crippen LogP contribution in [0.5, 0.6) is 0 Å². The van der Waals surface area contributed by atoms with E-state index in [1.807, 2.05) is 18.2 Å². The molecule has 1 aliphatic heterocycles. The van der Waals surface area contributed by atoms with Crippen molar-refractivity contribution in [3.05, 3.63) is 35.9 Å². The van der Waals surface area contributed by atoms with Gasteiger partial charge in [-0.05, 0) is 6.92 Å². The molecule has 0 unspecified atom stereocenters. The number of benzene rings is 1. The third kappa shape index (κ3) is 1.61. The number of carbonyl (C=O) groups excluding carboxylic acids is 1. The molecule has 2 rings (SSSR count).